The molecule has 1 aliphatic heterocycles. The molecule has 9 nitrogen and oxygen atoms in total. The Hall–Kier alpha value is -3.10. The van der Waals surface area contributed by atoms with Crippen LogP contribution in [0.25, 0.3) is 0 Å². The zero-order valence-electron chi connectivity index (χ0n) is 17.4. The molecule has 9 heteroatoms. The molecule has 2 fully saturated rings. The normalized spacial score (nSPS) is 23.3. The van der Waals surface area contributed by atoms with Gasteiger partial charge in [-0.1, -0.05) is 13.3 Å². The van der Waals surface area contributed by atoms with Gasteiger partial charge >= 0.3 is 12.0 Å². The fraction of sp³-hybridized carbons (Fsp3) is 0.524. The van der Waals surface area contributed by atoms with Gasteiger partial charge in [0.25, 0.3) is 5.91 Å². The summed E-state index contributed by atoms with van der Waals surface area (Å²) in [6, 6.07) is 3.96. The third kappa shape index (κ3) is 4.10. The molecule has 0 aromatic heterocycles. The molecule has 162 valence electrons. The van der Waals surface area contributed by atoms with Crippen LogP contribution in [0.5, 0.6) is 5.75 Å². The van der Waals surface area contributed by atoms with Gasteiger partial charge in [-0.25, -0.2) is 9.59 Å². The molecule has 2 N–H and O–H groups in total. The van der Waals surface area contributed by atoms with Crippen molar-refractivity contribution >= 4 is 29.5 Å². The van der Waals surface area contributed by atoms with Crippen LogP contribution < -0.4 is 15.4 Å². The minimum Gasteiger partial charge on any atom is -0.497 e. The molecule has 0 atom stereocenters. The lowest BCUT2D eigenvalue weighted by Crippen LogP contribution is -2.49. The van der Waals surface area contributed by atoms with E-state index < -0.39 is 30.0 Å². The second kappa shape index (κ2) is 8.73. The van der Waals surface area contributed by atoms with Gasteiger partial charge in [-0.2, -0.15) is 0 Å². The minimum atomic E-state index is -0.902. The van der Waals surface area contributed by atoms with Gasteiger partial charge in [-0.3, -0.25) is 14.5 Å². The number of hydrogen-bond acceptors (Lipinski definition) is 6. The number of benzene rings is 1. The van der Waals surface area contributed by atoms with Gasteiger partial charge in [0.1, 0.15) is 17.8 Å². The standard InChI is InChI=1S/C21H27N3O6/c1-4-13-7-9-21(10-8-13)19(27)24(20(28)23-21)12-17(25)22-16-6-5-14(29-2)11-15(16)18(26)30-3/h5-6,11,13H,4,7-10,12H2,1-3H3,(H,22,25)(H,23,28). The molecule has 1 aromatic rings. The number of imide groups is 1. The summed E-state index contributed by atoms with van der Waals surface area (Å²) in [6.07, 6.45) is 3.96. The van der Waals surface area contributed by atoms with E-state index >= 15 is 0 Å². The van der Waals surface area contributed by atoms with Gasteiger partial charge in [-0.15, -0.1) is 0 Å². The number of nitrogens with zero attached hydrogens (tertiary/aromatic N) is 1. The maximum atomic E-state index is 13.0. The molecule has 1 aromatic carbocycles. The van der Waals surface area contributed by atoms with E-state index in [4.69, 9.17) is 9.47 Å². The van der Waals surface area contributed by atoms with Crippen molar-refractivity contribution in [3.05, 3.63) is 23.8 Å². The summed E-state index contributed by atoms with van der Waals surface area (Å²) < 4.78 is 9.84. The predicted molar refractivity (Wildman–Crippen MR) is 108 cm³/mol. The van der Waals surface area contributed by atoms with Crippen molar-refractivity contribution in [3.8, 4) is 5.75 Å². The Bertz CT molecular complexity index is 860. The fourth-order valence-electron chi connectivity index (χ4n) is 4.11. The highest BCUT2D eigenvalue weighted by molar-refractivity contribution is 6.10. The van der Waals surface area contributed by atoms with Crippen LogP contribution in [0.1, 0.15) is 49.4 Å². The number of carbonyl (C=O) groups excluding carboxylic acids is 4. The van der Waals surface area contributed by atoms with Crippen LogP contribution in [-0.4, -0.2) is 55.0 Å². The monoisotopic (exact) mass is 417 g/mol. The summed E-state index contributed by atoms with van der Waals surface area (Å²) in [5.74, 6) is -0.615. The van der Waals surface area contributed by atoms with E-state index in [1.54, 1.807) is 6.07 Å². The number of anilines is 1. The first-order valence-electron chi connectivity index (χ1n) is 10.0. The van der Waals surface area contributed by atoms with Gasteiger partial charge in [0.15, 0.2) is 0 Å². The van der Waals surface area contributed by atoms with E-state index in [0.29, 0.717) is 24.5 Å². The molecule has 1 heterocycles. The lowest BCUT2D eigenvalue weighted by Gasteiger charge is -2.34. The summed E-state index contributed by atoms with van der Waals surface area (Å²) >= 11 is 0. The number of methoxy groups -OCH3 is 2. The number of hydrogen-bond donors (Lipinski definition) is 2. The van der Waals surface area contributed by atoms with Gasteiger partial charge < -0.3 is 20.1 Å². The van der Waals surface area contributed by atoms with Gasteiger partial charge in [-0.05, 0) is 49.8 Å². The number of carbonyl (C=O) groups is 4. The molecule has 0 radical (unpaired) electrons. The second-order valence-corrected chi connectivity index (χ2v) is 7.71. The Balaban J connectivity index is 1.70. The molecular formula is C21H27N3O6. The summed E-state index contributed by atoms with van der Waals surface area (Å²) in [4.78, 5) is 50.9. The van der Waals surface area contributed by atoms with Crippen molar-refractivity contribution in [1.82, 2.24) is 10.2 Å². The van der Waals surface area contributed by atoms with E-state index in [1.165, 1.54) is 26.4 Å². The Kier molecular flexibility index (Phi) is 6.28. The Morgan fingerprint density at radius 2 is 1.93 bits per heavy atom. The maximum absolute atomic E-state index is 13.0. The van der Waals surface area contributed by atoms with Crippen LogP contribution in [0.3, 0.4) is 0 Å². The molecular weight excluding hydrogens is 390 g/mol. The number of ether oxygens (including phenoxy) is 2. The second-order valence-electron chi connectivity index (χ2n) is 7.71. The van der Waals surface area contributed by atoms with Crippen LogP contribution in [-0.2, 0) is 14.3 Å². The molecule has 1 spiro atoms. The van der Waals surface area contributed by atoms with Crippen molar-refractivity contribution in [1.29, 1.82) is 0 Å². The molecule has 1 saturated carbocycles. The molecule has 0 bridgehead atoms. The Morgan fingerprint density at radius 1 is 1.23 bits per heavy atom. The number of urea groups is 1. The van der Waals surface area contributed by atoms with Crippen molar-refractivity contribution in [2.75, 3.05) is 26.1 Å². The van der Waals surface area contributed by atoms with Crippen LogP contribution in [0.2, 0.25) is 0 Å². The lowest BCUT2D eigenvalue weighted by molar-refractivity contribution is -0.135. The van der Waals surface area contributed by atoms with Gasteiger partial charge in [0.2, 0.25) is 5.91 Å². The number of amides is 4. The number of nitrogens with one attached hydrogen (secondary N) is 2. The zero-order valence-corrected chi connectivity index (χ0v) is 17.4. The van der Waals surface area contributed by atoms with Crippen molar-refractivity contribution in [2.45, 2.75) is 44.6 Å². The summed E-state index contributed by atoms with van der Waals surface area (Å²) in [5, 5.41) is 5.39. The third-order valence-corrected chi connectivity index (χ3v) is 5.99. The smallest absolute Gasteiger partial charge is 0.340 e. The summed E-state index contributed by atoms with van der Waals surface area (Å²) in [7, 11) is 2.68. The minimum absolute atomic E-state index is 0.108. The summed E-state index contributed by atoms with van der Waals surface area (Å²) in [5.41, 5.74) is -0.588. The van der Waals surface area contributed by atoms with Crippen LogP contribution in [0, 0.1) is 5.92 Å². The molecule has 2 aliphatic rings. The van der Waals surface area contributed by atoms with Crippen LogP contribution >= 0.6 is 0 Å². The molecule has 0 unspecified atom stereocenters. The average molecular weight is 417 g/mol. The van der Waals surface area contributed by atoms with Crippen molar-refractivity contribution in [2.24, 2.45) is 5.92 Å². The van der Waals surface area contributed by atoms with E-state index in [-0.39, 0.29) is 17.2 Å². The first-order chi connectivity index (χ1) is 14.3. The van der Waals surface area contributed by atoms with E-state index in [9.17, 15) is 19.2 Å². The molecule has 3 rings (SSSR count). The molecule has 1 saturated heterocycles. The van der Waals surface area contributed by atoms with Crippen molar-refractivity contribution < 1.29 is 28.7 Å². The Labute approximate surface area is 175 Å². The number of rotatable bonds is 6. The van der Waals surface area contributed by atoms with Crippen LogP contribution in [0.4, 0.5) is 10.5 Å². The van der Waals surface area contributed by atoms with Gasteiger partial charge in [0.05, 0.1) is 25.5 Å². The largest absolute Gasteiger partial charge is 0.497 e. The average Bonchev–Trinajstić information content (AvgIpc) is 2.98. The number of esters is 1. The first kappa shape index (κ1) is 21.6. The van der Waals surface area contributed by atoms with E-state index in [0.717, 1.165) is 24.2 Å². The molecule has 30 heavy (non-hydrogen) atoms. The SMILES string of the molecule is CCC1CCC2(CC1)NC(=O)N(CC(=O)Nc1ccc(OC)cc1C(=O)OC)C2=O. The first-order valence-corrected chi connectivity index (χ1v) is 10.0. The van der Waals surface area contributed by atoms with Crippen LogP contribution in [0.15, 0.2) is 18.2 Å². The predicted octanol–water partition coefficient (Wildman–Crippen LogP) is 2.31. The van der Waals surface area contributed by atoms with Crippen molar-refractivity contribution in [3.63, 3.8) is 0 Å². The summed E-state index contributed by atoms with van der Waals surface area (Å²) in [6.45, 7) is 1.69. The molecule has 4 amide bonds. The highest BCUT2D eigenvalue weighted by atomic mass is 16.5. The highest BCUT2D eigenvalue weighted by Gasteiger charge is 2.52. The third-order valence-electron chi connectivity index (χ3n) is 5.99. The van der Waals surface area contributed by atoms with Gasteiger partial charge in [0, 0.05) is 0 Å². The highest BCUT2D eigenvalue weighted by Crippen LogP contribution is 2.37. The molecule has 1 aliphatic carbocycles. The van der Waals surface area contributed by atoms with E-state index in [1.807, 2.05) is 0 Å². The Morgan fingerprint density at radius 3 is 2.53 bits per heavy atom. The van der Waals surface area contributed by atoms with E-state index in [2.05, 4.69) is 17.6 Å². The lowest BCUT2D eigenvalue weighted by atomic mass is 9.75. The fourth-order valence-corrected chi connectivity index (χ4v) is 4.11. The zero-order chi connectivity index (χ0) is 21.9. The quantitative estimate of drug-likeness (QED) is 0.542. The maximum Gasteiger partial charge on any atom is 0.340 e. The topological polar surface area (TPSA) is 114 Å².